The minimum absolute atomic E-state index is 0.0133. The number of carboxylic acids is 2. The number of benzene rings is 4. The molecule has 0 radical (unpaired) electrons. The Balaban J connectivity index is 1.27. The number of rotatable bonds is 15. The van der Waals surface area contributed by atoms with Crippen molar-refractivity contribution in [3.05, 3.63) is 144 Å². The first kappa shape index (κ1) is 33.7. The largest absolute Gasteiger partial charge is 0.481 e. The molecule has 0 spiro atoms. The van der Waals surface area contributed by atoms with Gasteiger partial charge in [-0.3, -0.25) is 14.4 Å². The fourth-order valence-corrected chi connectivity index (χ4v) is 6.40. The molecule has 2 heterocycles. The lowest BCUT2D eigenvalue weighted by Crippen LogP contribution is -2.53. The van der Waals surface area contributed by atoms with E-state index < -0.39 is 42.3 Å². The quantitative estimate of drug-likeness (QED) is 0.115. The highest BCUT2D eigenvalue weighted by atomic mass is 16.4. The average Bonchev–Trinajstić information content (AvgIpc) is 3.64. The fraction of sp³-hybridized carbons (Fsp3) is 0.200. The summed E-state index contributed by atoms with van der Waals surface area (Å²) in [4.78, 5) is 50.7. The molecule has 0 aliphatic rings. The minimum Gasteiger partial charge on any atom is -0.481 e. The van der Waals surface area contributed by atoms with Crippen LogP contribution in [0.1, 0.15) is 35.1 Å². The molecule has 0 unspecified atom stereocenters. The van der Waals surface area contributed by atoms with Crippen LogP contribution >= 0.6 is 0 Å². The highest BCUT2D eigenvalue weighted by Gasteiger charge is 2.29. The summed E-state index contributed by atoms with van der Waals surface area (Å²) in [5, 5.41) is 26.6. The molecule has 10 heteroatoms. The molecule has 2 atom stereocenters. The molecule has 4 aromatic carbocycles. The van der Waals surface area contributed by atoms with Crippen molar-refractivity contribution in [1.29, 1.82) is 0 Å². The molecule has 4 N–H and O–H groups in total. The van der Waals surface area contributed by atoms with Crippen LogP contribution in [0.25, 0.3) is 21.8 Å². The zero-order valence-electron chi connectivity index (χ0n) is 27.4. The topological polar surface area (TPSA) is 143 Å². The molecule has 0 aliphatic carbocycles. The number of aliphatic carboxylic acids is 2. The van der Waals surface area contributed by atoms with Gasteiger partial charge in [0, 0.05) is 66.6 Å². The molecule has 2 aromatic heterocycles. The number of amides is 2. The first-order chi connectivity index (χ1) is 24.2. The SMILES string of the molecule is O=C(O)CCC(=O)N[C@@H](Cc1cn(Cc2ccccc2)c2ccccc12)C(=O)N[C@@H](Cc1cn(Cc2ccccc2)c2ccccc12)C(=O)O. The molecule has 0 saturated carbocycles. The summed E-state index contributed by atoms with van der Waals surface area (Å²) in [5.41, 5.74) is 5.61. The van der Waals surface area contributed by atoms with Gasteiger partial charge in [0.1, 0.15) is 12.1 Å². The number of carboxylic acid groups (broad SMARTS) is 2. The van der Waals surface area contributed by atoms with Gasteiger partial charge in [0.15, 0.2) is 0 Å². The molecular weight excluding hydrogens is 632 g/mol. The van der Waals surface area contributed by atoms with E-state index in [-0.39, 0.29) is 19.3 Å². The summed E-state index contributed by atoms with van der Waals surface area (Å²) in [5.74, 6) is -3.64. The van der Waals surface area contributed by atoms with Gasteiger partial charge in [-0.15, -0.1) is 0 Å². The lowest BCUT2D eigenvalue weighted by Gasteiger charge is -2.21. The van der Waals surface area contributed by atoms with Crippen LogP contribution in [0.3, 0.4) is 0 Å². The van der Waals surface area contributed by atoms with Crippen molar-refractivity contribution in [2.45, 2.75) is 50.9 Å². The second kappa shape index (κ2) is 15.4. The second-order valence-electron chi connectivity index (χ2n) is 12.4. The molecule has 0 saturated heterocycles. The lowest BCUT2D eigenvalue weighted by atomic mass is 10.0. The van der Waals surface area contributed by atoms with Crippen LogP contribution in [0, 0.1) is 0 Å². The van der Waals surface area contributed by atoms with E-state index in [0.29, 0.717) is 13.1 Å². The number of carbonyl (C=O) groups excluding carboxylic acids is 2. The minimum atomic E-state index is -1.30. The number of hydrogen-bond donors (Lipinski definition) is 4. The van der Waals surface area contributed by atoms with E-state index in [1.165, 1.54) is 0 Å². The molecule has 0 fully saturated rings. The van der Waals surface area contributed by atoms with Crippen LogP contribution in [0.4, 0.5) is 0 Å². The maximum atomic E-state index is 14.0. The number of nitrogens with zero attached hydrogens (tertiary/aromatic N) is 2. The monoisotopic (exact) mass is 670 g/mol. The highest BCUT2D eigenvalue weighted by molar-refractivity contribution is 5.93. The standard InChI is InChI=1S/C40H38N4O6/c45-37(19-20-38(46)47)41-33(21-29-25-43(23-27-11-3-1-4-12-27)35-17-9-7-15-31(29)35)39(48)42-34(40(49)50)22-30-26-44(24-28-13-5-2-6-14-28)36-18-10-8-16-32(30)36/h1-18,25-26,33-34H,19-24H2,(H,41,45)(H,42,48)(H,46,47)(H,49,50)/t33-,34-/m0/s1. The lowest BCUT2D eigenvalue weighted by molar-refractivity contribution is -0.142. The number of nitrogens with one attached hydrogen (secondary N) is 2. The Labute approximate surface area is 289 Å². The molecule has 6 rings (SSSR count). The summed E-state index contributed by atoms with van der Waals surface area (Å²) in [7, 11) is 0. The number of hydrogen-bond acceptors (Lipinski definition) is 4. The molecule has 6 aromatic rings. The van der Waals surface area contributed by atoms with E-state index >= 15 is 0 Å². The van der Waals surface area contributed by atoms with Gasteiger partial charge < -0.3 is 30.0 Å². The normalized spacial score (nSPS) is 12.4. The molecule has 0 bridgehead atoms. The van der Waals surface area contributed by atoms with Gasteiger partial charge in [-0.2, -0.15) is 0 Å². The van der Waals surface area contributed by atoms with Crippen molar-refractivity contribution < 1.29 is 29.4 Å². The zero-order chi connectivity index (χ0) is 35.0. The Kier molecular flexibility index (Phi) is 10.4. The van der Waals surface area contributed by atoms with Crippen LogP contribution in [0.15, 0.2) is 122 Å². The first-order valence-electron chi connectivity index (χ1n) is 16.5. The third kappa shape index (κ3) is 8.10. The number of fused-ring (bicyclic) bond motifs is 2. The zero-order valence-corrected chi connectivity index (χ0v) is 27.4. The van der Waals surface area contributed by atoms with Crippen LogP contribution in [0.5, 0.6) is 0 Å². The van der Waals surface area contributed by atoms with Gasteiger partial charge in [-0.05, 0) is 34.4 Å². The molecule has 0 aliphatic heterocycles. The van der Waals surface area contributed by atoms with Gasteiger partial charge in [0.25, 0.3) is 0 Å². The molecule has 10 nitrogen and oxygen atoms in total. The Morgan fingerprint density at radius 2 is 1.02 bits per heavy atom. The van der Waals surface area contributed by atoms with Crippen molar-refractivity contribution in [1.82, 2.24) is 19.8 Å². The maximum Gasteiger partial charge on any atom is 0.326 e. The number of para-hydroxylation sites is 2. The number of carbonyl (C=O) groups is 4. The molecule has 254 valence electrons. The van der Waals surface area contributed by atoms with Crippen molar-refractivity contribution in [3.8, 4) is 0 Å². The van der Waals surface area contributed by atoms with Crippen molar-refractivity contribution in [2.75, 3.05) is 0 Å². The summed E-state index contributed by atoms with van der Waals surface area (Å²) >= 11 is 0. The van der Waals surface area contributed by atoms with Crippen LogP contribution in [-0.2, 0) is 45.1 Å². The van der Waals surface area contributed by atoms with E-state index in [1.807, 2.05) is 122 Å². The summed E-state index contributed by atoms with van der Waals surface area (Å²) in [6.45, 7) is 1.18. The van der Waals surface area contributed by atoms with E-state index in [4.69, 9.17) is 5.11 Å². The van der Waals surface area contributed by atoms with Gasteiger partial charge in [0.05, 0.1) is 6.42 Å². The summed E-state index contributed by atoms with van der Waals surface area (Å²) in [6, 6.07) is 32.9. The van der Waals surface area contributed by atoms with Gasteiger partial charge in [-0.25, -0.2) is 4.79 Å². The van der Waals surface area contributed by atoms with Gasteiger partial charge in [0.2, 0.25) is 11.8 Å². The second-order valence-corrected chi connectivity index (χ2v) is 12.4. The van der Waals surface area contributed by atoms with E-state index in [0.717, 1.165) is 44.1 Å². The van der Waals surface area contributed by atoms with Crippen molar-refractivity contribution in [2.24, 2.45) is 0 Å². The smallest absolute Gasteiger partial charge is 0.326 e. The Morgan fingerprint density at radius 1 is 0.560 bits per heavy atom. The van der Waals surface area contributed by atoms with E-state index in [2.05, 4.69) is 19.8 Å². The predicted molar refractivity (Wildman–Crippen MR) is 191 cm³/mol. The molecular formula is C40H38N4O6. The van der Waals surface area contributed by atoms with E-state index in [1.54, 1.807) is 0 Å². The third-order valence-electron chi connectivity index (χ3n) is 8.81. The van der Waals surface area contributed by atoms with Gasteiger partial charge in [-0.1, -0.05) is 97.1 Å². The maximum absolute atomic E-state index is 14.0. The Bertz CT molecular complexity index is 2140. The van der Waals surface area contributed by atoms with Gasteiger partial charge >= 0.3 is 11.9 Å². The van der Waals surface area contributed by atoms with Crippen molar-refractivity contribution in [3.63, 3.8) is 0 Å². The number of aromatic nitrogens is 2. The molecule has 50 heavy (non-hydrogen) atoms. The van der Waals surface area contributed by atoms with Crippen LogP contribution in [0.2, 0.25) is 0 Å². The first-order valence-corrected chi connectivity index (χ1v) is 16.5. The van der Waals surface area contributed by atoms with Crippen LogP contribution < -0.4 is 10.6 Å². The Morgan fingerprint density at radius 3 is 1.50 bits per heavy atom. The van der Waals surface area contributed by atoms with E-state index in [9.17, 15) is 24.3 Å². The van der Waals surface area contributed by atoms with Crippen LogP contribution in [-0.4, -0.2) is 55.2 Å². The third-order valence-corrected chi connectivity index (χ3v) is 8.81. The average molecular weight is 671 g/mol. The summed E-state index contributed by atoms with van der Waals surface area (Å²) in [6.07, 6.45) is 3.22. The van der Waals surface area contributed by atoms with Crippen molar-refractivity contribution >= 4 is 45.6 Å². The summed E-state index contributed by atoms with van der Waals surface area (Å²) < 4.78 is 4.14. The molecule has 2 amide bonds. The highest BCUT2D eigenvalue weighted by Crippen LogP contribution is 2.26. The predicted octanol–water partition coefficient (Wildman–Crippen LogP) is 5.40. The Hall–Kier alpha value is -6.16. The fourth-order valence-electron chi connectivity index (χ4n) is 6.40.